The maximum absolute atomic E-state index is 12.8. The van der Waals surface area contributed by atoms with Gasteiger partial charge in [-0.05, 0) is 61.0 Å². The van der Waals surface area contributed by atoms with Crippen molar-refractivity contribution in [2.75, 3.05) is 6.61 Å². The van der Waals surface area contributed by atoms with Crippen molar-refractivity contribution in [3.05, 3.63) is 83.0 Å². The molecule has 1 fully saturated rings. The molecule has 0 spiro atoms. The van der Waals surface area contributed by atoms with E-state index < -0.39 is 17.8 Å². The van der Waals surface area contributed by atoms with Gasteiger partial charge in [0.15, 0.2) is 0 Å². The molecule has 164 valence electrons. The van der Waals surface area contributed by atoms with E-state index >= 15 is 0 Å². The Balaban J connectivity index is 1.42. The monoisotopic (exact) mass is 453 g/mol. The first-order valence-corrected chi connectivity index (χ1v) is 10.3. The Morgan fingerprint density at radius 2 is 1.88 bits per heavy atom. The van der Waals surface area contributed by atoms with E-state index in [0.717, 1.165) is 10.6 Å². The van der Waals surface area contributed by atoms with Gasteiger partial charge in [0.25, 0.3) is 11.8 Å². The molecule has 1 aromatic carbocycles. The second-order valence-corrected chi connectivity index (χ2v) is 7.51. The van der Waals surface area contributed by atoms with E-state index in [-0.39, 0.29) is 12.1 Å². The highest BCUT2D eigenvalue weighted by molar-refractivity contribution is 6.31. The first kappa shape index (κ1) is 21.5. The lowest BCUT2D eigenvalue weighted by Crippen LogP contribution is -2.53. The lowest BCUT2D eigenvalue weighted by molar-refractivity contribution is -0.130. The highest BCUT2D eigenvalue weighted by Gasteiger charge is 2.36. The van der Waals surface area contributed by atoms with Crippen LogP contribution in [0.5, 0.6) is 5.75 Å². The Labute approximate surface area is 189 Å². The van der Waals surface area contributed by atoms with Crippen LogP contribution in [-0.4, -0.2) is 33.9 Å². The summed E-state index contributed by atoms with van der Waals surface area (Å²) in [5.74, 6) is -0.232. The number of aromatic nitrogens is 1. The molecule has 3 aromatic rings. The molecule has 0 unspecified atom stereocenters. The van der Waals surface area contributed by atoms with Gasteiger partial charge in [0.05, 0.1) is 19.4 Å². The summed E-state index contributed by atoms with van der Waals surface area (Å²) >= 11 is 5.87. The zero-order valence-electron chi connectivity index (χ0n) is 17.0. The maximum Gasteiger partial charge on any atom is 0.331 e. The van der Waals surface area contributed by atoms with Crippen LogP contribution in [0.2, 0.25) is 5.02 Å². The average Bonchev–Trinajstić information content (AvgIpc) is 3.45. The molecular weight excluding hydrogens is 434 g/mol. The number of imide groups is 2. The third kappa shape index (κ3) is 4.92. The molecule has 8 nitrogen and oxygen atoms in total. The first-order chi connectivity index (χ1) is 15.5. The van der Waals surface area contributed by atoms with E-state index in [2.05, 4.69) is 5.32 Å². The normalized spacial score (nSPS) is 15.3. The number of nitrogens with zero attached hydrogens (tertiary/aromatic N) is 2. The SMILES string of the molecule is O=C1NC(=O)N(Cc2ccco2)C(=O)/C1=C\c1cccn1CCCOc1ccc(Cl)cc1. The summed E-state index contributed by atoms with van der Waals surface area (Å²) in [5.41, 5.74) is 0.552. The summed E-state index contributed by atoms with van der Waals surface area (Å²) in [7, 11) is 0. The largest absolute Gasteiger partial charge is 0.494 e. The van der Waals surface area contributed by atoms with Gasteiger partial charge in [-0.25, -0.2) is 4.79 Å². The maximum atomic E-state index is 12.8. The Morgan fingerprint density at radius 3 is 2.62 bits per heavy atom. The average molecular weight is 454 g/mol. The summed E-state index contributed by atoms with van der Waals surface area (Å²) in [6.45, 7) is 1.04. The van der Waals surface area contributed by atoms with Crippen molar-refractivity contribution in [1.82, 2.24) is 14.8 Å². The Morgan fingerprint density at radius 1 is 1.06 bits per heavy atom. The predicted molar refractivity (Wildman–Crippen MR) is 117 cm³/mol. The van der Waals surface area contributed by atoms with Gasteiger partial charge in [0.2, 0.25) is 0 Å². The van der Waals surface area contributed by atoms with Crippen LogP contribution >= 0.6 is 11.6 Å². The fourth-order valence-electron chi connectivity index (χ4n) is 3.26. The van der Waals surface area contributed by atoms with E-state index in [4.69, 9.17) is 20.8 Å². The lowest BCUT2D eigenvalue weighted by atomic mass is 10.1. The standard InChI is InChI=1S/C23H20ClN3O5/c24-16-6-8-18(9-7-16)31-13-3-11-26-10-1-4-17(26)14-20-21(28)25-23(30)27(22(20)29)15-19-5-2-12-32-19/h1-2,4-10,12,14H,3,11,13,15H2,(H,25,28,30)/b20-14-. The topological polar surface area (TPSA) is 93.8 Å². The fourth-order valence-corrected chi connectivity index (χ4v) is 3.39. The summed E-state index contributed by atoms with van der Waals surface area (Å²) < 4.78 is 12.8. The number of furan rings is 1. The number of ether oxygens (including phenoxy) is 1. The molecule has 0 saturated carbocycles. The van der Waals surface area contributed by atoms with Crippen LogP contribution in [-0.2, 0) is 22.7 Å². The van der Waals surface area contributed by atoms with Crippen molar-refractivity contribution < 1.29 is 23.5 Å². The molecule has 4 amide bonds. The molecule has 0 atom stereocenters. The summed E-state index contributed by atoms with van der Waals surface area (Å²) in [6, 6.07) is 13.3. The van der Waals surface area contributed by atoms with Crippen LogP contribution in [0.4, 0.5) is 4.79 Å². The molecule has 32 heavy (non-hydrogen) atoms. The van der Waals surface area contributed by atoms with Gasteiger partial charge in [-0.15, -0.1) is 0 Å². The van der Waals surface area contributed by atoms with Gasteiger partial charge in [-0.3, -0.25) is 19.8 Å². The number of rotatable bonds is 8. The second-order valence-electron chi connectivity index (χ2n) is 7.07. The summed E-state index contributed by atoms with van der Waals surface area (Å²) in [5, 5.41) is 2.85. The van der Waals surface area contributed by atoms with Gasteiger partial charge >= 0.3 is 6.03 Å². The zero-order chi connectivity index (χ0) is 22.5. The van der Waals surface area contributed by atoms with E-state index in [1.165, 1.54) is 12.3 Å². The quantitative estimate of drug-likeness (QED) is 0.317. The molecule has 1 N–H and O–H groups in total. The Hall–Kier alpha value is -3.78. The number of halogens is 1. The number of carbonyl (C=O) groups is 3. The number of hydrogen-bond donors (Lipinski definition) is 1. The van der Waals surface area contributed by atoms with E-state index in [1.54, 1.807) is 42.5 Å². The van der Waals surface area contributed by atoms with Gasteiger partial charge in [-0.2, -0.15) is 0 Å². The van der Waals surface area contributed by atoms with Crippen molar-refractivity contribution in [3.8, 4) is 5.75 Å². The minimum absolute atomic E-state index is 0.0642. The Bertz CT molecular complexity index is 1150. The van der Waals surface area contributed by atoms with Crippen molar-refractivity contribution in [2.24, 2.45) is 0 Å². The highest BCUT2D eigenvalue weighted by Crippen LogP contribution is 2.19. The molecule has 9 heteroatoms. The van der Waals surface area contributed by atoms with Gasteiger partial charge in [-0.1, -0.05) is 11.6 Å². The molecule has 0 bridgehead atoms. The third-order valence-corrected chi connectivity index (χ3v) is 5.11. The van der Waals surface area contributed by atoms with Crippen LogP contribution in [0.15, 0.2) is 71.0 Å². The molecule has 1 saturated heterocycles. The highest BCUT2D eigenvalue weighted by atomic mass is 35.5. The molecule has 0 radical (unpaired) electrons. The molecule has 1 aliphatic rings. The van der Waals surface area contributed by atoms with Crippen LogP contribution in [0.1, 0.15) is 17.9 Å². The minimum atomic E-state index is -0.775. The number of amides is 4. The van der Waals surface area contributed by atoms with Gasteiger partial charge < -0.3 is 13.7 Å². The second kappa shape index (κ2) is 9.57. The van der Waals surface area contributed by atoms with Gasteiger partial charge in [0, 0.05) is 23.5 Å². The van der Waals surface area contributed by atoms with Crippen LogP contribution in [0.25, 0.3) is 6.08 Å². The molecule has 3 heterocycles. The number of carbonyl (C=O) groups excluding carboxylic acids is 3. The minimum Gasteiger partial charge on any atom is -0.494 e. The van der Waals surface area contributed by atoms with Crippen LogP contribution < -0.4 is 10.1 Å². The van der Waals surface area contributed by atoms with Crippen molar-refractivity contribution >= 4 is 35.5 Å². The number of urea groups is 1. The van der Waals surface area contributed by atoms with Crippen molar-refractivity contribution in [2.45, 2.75) is 19.5 Å². The summed E-state index contributed by atoms with van der Waals surface area (Å²) in [6.07, 6.45) is 5.49. The van der Waals surface area contributed by atoms with Crippen LogP contribution in [0, 0.1) is 0 Å². The molecular formula is C23H20ClN3O5. The van der Waals surface area contributed by atoms with Crippen molar-refractivity contribution in [1.29, 1.82) is 0 Å². The molecule has 2 aromatic heterocycles. The van der Waals surface area contributed by atoms with Crippen molar-refractivity contribution in [3.63, 3.8) is 0 Å². The smallest absolute Gasteiger partial charge is 0.331 e. The van der Waals surface area contributed by atoms with Gasteiger partial charge in [0.1, 0.15) is 17.1 Å². The number of barbiturate groups is 1. The number of benzene rings is 1. The predicted octanol–water partition coefficient (Wildman–Crippen LogP) is 3.87. The van der Waals surface area contributed by atoms with E-state index in [1.807, 2.05) is 16.8 Å². The number of nitrogens with one attached hydrogen (secondary N) is 1. The third-order valence-electron chi connectivity index (χ3n) is 4.86. The summed E-state index contributed by atoms with van der Waals surface area (Å²) in [4.78, 5) is 38.3. The zero-order valence-corrected chi connectivity index (χ0v) is 17.7. The Kier molecular flexibility index (Phi) is 6.42. The van der Waals surface area contributed by atoms with E-state index in [9.17, 15) is 14.4 Å². The first-order valence-electron chi connectivity index (χ1n) is 9.96. The number of hydrogen-bond acceptors (Lipinski definition) is 5. The number of aryl methyl sites for hydroxylation is 1. The lowest BCUT2D eigenvalue weighted by Gasteiger charge is -2.25. The molecule has 1 aliphatic heterocycles. The molecule has 0 aliphatic carbocycles. The van der Waals surface area contributed by atoms with Crippen LogP contribution in [0.3, 0.4) is 0 Å². The fraction of sp³-hybridized carbons (Fsp3) is 0.174. The van der Waals surface area contributed by atoms with E-state index in [0.29, 0.717) is 36.0 Å². The molecule has 4 rings (SSSR count).